The van der Waals surface area contributed by atoms with Gasteiger partial charge in [-0.05, 0) is 25.0 Å². The number of sulfonamides is 1. The third kappa shape index (κ3) is 3.28. The standard InChI is InChI=1S/C11H17N3O2S/c1-3-4-5-9-14(2)17(15,16)10-7-6-8-13-11(10)12/h3,6-8H,1,4-5,9H2,2H3,(H2,12,13). The van der Waals surface area contributed by atoms with Gasteiger partial charge in [-0.15, -0.1) is 6.58 Å². The minimum absolute atomic E-state index is 0.0306. The molecule has 0 aliphatic carbocycles. The second-order valence-electron chi connectivity index (χ2n) is 3.64. The van der Waals surface area contributed by atoms with Gasteiger partial charge < -0.3 is 5.73 Å². The Morgan fingerprint density at radius 3 is 2.88 bits per heavy atom. The van der Waals surface area contributed by atoms with Gasteiger partial charge in [-0.25, -0.2) is 17.7 Å². The number of anilines is 1. The summed E-state index contributed by atoms with van der Waals surface area (Å²) in [6.07, 6.45) is 4.74. The largest absolute Gasteiger partial charge is 0.383 e. The Labute approximate surface area is 102 Å². The Bertz CT molecular complexity index is 485. The van der Waals surface area contributed by atoms with E-state index < -0.39 is 10.0 Å². The molecule has 0 atom stereocenters. The molecule has 1 aromatic heterocycles. The molecule has 0 radical (unpaired) electrons. The number of hydrogen-bond donors (Lipinski definition) is 1. The summed E-state index contributed by atoms with van der Waals surface area (Å²) in [6, 6.07) is 3.02. The van der Waals surface area contributed by atoms with E-state index in [2.05, 4.69) is 11.6 Å². The Morgan fingerprint density at radius 1 is 1.59 bits per heavy atom. The Hall–Kier alpha value is -1.40. The van der Waals surface area contributed by atoms with Gasteiger partial charge in [-0.1, -0.05) is 6.08 Å². The lowest BCUT2D eigenvalue weighted by atomic mass is 10.3. The zero-order valence-corrected chi connectivity index (χ0v) is 10.7. The highest BCUT2D eigenvalue weighted by Gasteiger charge is 2.22. The van der Waals surface area contributed by atoms with Crippen molar-refractivity contribution in [3.8, 4) is 0 Å². The molecule has 0 aromatic carbocycles. The van der Waals surface area contributed by atoms with Crippen molar-refractivity contribution >= 4 is 15.8 Å². The number of unbranched alkanes of at least 4 members (excludes halogenated alkanes) is 1. The van der Waals surface area contributed by atoms with Gasteiger partial charge in [0.05, 0.1) is 0 Å². The predicted molar refractivity (Wildman–Crippen MR) is 67.9 cm³/mol. The molecule has 0 amide bonds. The molecule has 1 rings (SSSR count). The van der Waals surface area contributed by atoms with Crippen molar-refractivity contribution < 1.29 is 8.42 Å². The van der Waals surface area contributed by atoms with E-state index in [4.69, 9.17) is 5.73 Å². The summed E-state index contributed by atoms with van der Waals surface area (Å²) in [5, 5.41) is 0. The second kappa shape index (κ2) is 5.79. The molecule has 0 unspecified atom stereocenters. The number of pyridine rings is 1. The molecule has 0 fully saturated rings. The van der Waals surface area contributed by atoms with Crippen LogP contribution < -0.4 is 5.73 Å². The smallest absolute Gasteiger partial charge is 0.246 e. The fourth-order valence-electron chi connectivity index (χ4n) is 1.37. The van der Waals surface area contributed by atoms with E-state index in [1.165, 1.54) is 23.6 Å². The highest BCUT2D eigenvalue weighted by Crippen LogP contribution is 2.19. The van der Waals surface area contributed by atoms with Crippen molar-refractivity contribution in [2.45, 2.75) is 17.7 Å². The number of allylic oxidation sites excluding steroid dienone is 1. The molecule has 2 N–H and O–H groups in total. The minimum atomic E-state index is -3.54. The number of nitrogens with two attached hydrogens (primary N) is 1. The van der Waals surface area contributed by atoms with Crippen molar-refractivity contribution in [2.24, 2.45) is 0 Å². The van der Waals surface area contributed by atoms with Crippen LogP contribution in [0.1, 0.15) is 12.8 Å². The average Bonchev–Trinajstić information content (AvgIpc) is 2.29. The van der Waals surface area contributed by atoms with Crippen molar-refractivity contribution in [2.75, 3.05) is 19.3 Å². The van der Waals surface area contributed by atoms with Gasteiger partial charge in [0.15, 0.2) is 0 Å². The van der Waals surface area contributed by atoms with E-state index in [-0.39, 0.29) is 10.7 Å². The monoisotopic (exact) mass is 255 g/mol. The molecule has 0 aliphatic heterocycles. The molecule has 94 valence electrons. The van der Waals surface area contributed by atoms with Gasteiger partial charge >= 0.3 is 0 Å². The summed E-state index contributed by atoms with van der Waals surface area (Å²) < 4.78 is 25.5. The summed E-state index contributed by atoms with van der Waals surface area (Å²) in [5.74, 6) is 0.0306. The summed E-state index contributed by atoms with van der Waals surface area (Å²) >= 11 is 0. The molecule has 1 aromatic rings. The van der Waals surface area contributed by atoms with Crippen molar-refractivity contribution in [1.82, 2.24) is 9.29 Å². The first kappa shape index (κ1) is 13.7. The number of aromatic nitrogens is 1. The molecule has 0 spiro atoms. The van der Waals surface area contributed by atoms with Crippen LogP contribution in [0, 0.1) is 0 Å². The predicted octanol–water partition coefficient (Wildman–Crippen LogP) is 1.25. The Morgan fingerprint density at radius 2 is 2.29 bits per heavy atom. The topological polar surface area (TPSA) is 76.3 Å². The molecule has 0 saturated carbocycles. The SMILES string of the molecule is C=CCCCN(C)S(=O)(=O)c1cccnc1N. The molecule has 0 aliphatic rings. The van der Waals surface area contributed by atoms with Crippen LogP contribution in [-0.4, -0.2) is 31.3 Å². The Kier molecular flexibility index (Phi) is 4.65. The maximum Gasteiger partial charge on any atom is 0.246 e. The maximum atomic E-state index is 12.1. The summed E-state index contributed by atoms with van der Waals surface area (Å²) in [7, 11) is -2.01. The van der Waals surface area contributed by atoms with E-state index in [1.54, 1.807) is 12.1 Å². The minimum Gasteiger partial charge on any atom is -0.383 e. The molecule has 0 saturated heterocycles. The van der Waals surface area contributed by atoms with Gasteiger partial charge in [0.1, 0.15) is 10.7 Å². The number of nitrogens with zero attached hydrogens (tertiary/aromatic N) is 2. The summed E-state index contributed by atoms with van der Waals surface area (Å²) in [4.78, 5) is 3.84. The summed E-state index contributed by atoms with van der Waals surface area (Å²) in [6.45, 7) is 4.03. The van der Waals surface area contributed by atoms with Gasteiger partial charge in [-0.3, -0.25) is 0 Å². The van der Waals surface area contributed by atoms with Gasteiger partial charge in [0, 0.05) is 19.8 Å². The van der Waals surface area contributed by atoms with Crippen LogP contribution in [0.25, 0.3) is 0 Å². The van der Waals surface area contributed by atoms with Crippen LogP contribution in [0.15, 0.2) is 35.9 Å². The first-order valence-electron chi connectivity index (χ1n) is 5.28. The highest BCUT2D eigenvalue weighted by molar-refractivity contribution is 7.89. The maximum absolute atomic E-state index is 12.1. The molecule has 1 heterocycles. The first-order valence-corrected chi connectivity index (χ1v) is 6.72. The van der Waals surface area contributed by atoms with E-state index in [0.717, 1.165) is 12.8 Å². The van der Waals surface area contributed by atoms with Crippen LogP contribution in [0.4, 0.5) is 5.82 Å². The van der Waals surface area contributed by atoms with Gasteiger partial charge in [0.2, 0.25) is 10.0 Å². The van der Waals surface area contributed by atoms with Crippen LogP contribution in [-0.2, 0) is 10.0 Å². The fourth-order valence-corrected chi connectivity index (χ4v) is 2.64. The molecular formula is C11H17N3O2S. The highest BCUT2D eigenvalue weighted by atomic mass is 32.2. The van der Waals surface area contributed by atoms with E-state index in [9.17, 15) is 8.42 Å². The van der Waals surface area contributed by atoms with Crippen LogP contribution >= 0.6 is 0 Å². The lowest BCUT2D eigenvalue weighted by molar-refractivity contribution is 0.463. The molecule has 0 bridgehead atoms. The van der Waals surface area contributed by atoms with Crippen LogP contribution in [0.2, 0.25) is 0 Å². The zero-order valence-electron chi connectivity index (χ0n) is 9.83. The average molecular weight is 255 g/mol. The lowest BCUT2D eigenvalue weighted by Crippen LogP contribution is -2.28. The van der Waals surface area contributed by atoms with E-state index in [0.29, 0.717) is 6.54 Å². The summed E-state index contributed by atoms with van der Waals surface area (Å²) in [5.41, 5.74) is 5.57. The zero-order chi connectivity index (χ0) is 12.9. The van der Waals surface area contributed by atoms with Crippen molar-refractivity contribution in [3.05, 3.63) is 31.0 Å². The van der Waals surface area contributed by atoms with Gasteiger partial charge in [-0.2, -0.15) is 0 Å². The third-order valence-electron chi connectivity index (χ3n) is 2.37. The number of rotatable bonds is 6. The fraction of sp³-hybridized carbons (Fsp3) is 0.364. The second-order valence-corrected chi connectivity index (χ2v) is 5.66. The Balaban J connectivity index is 2.88. The van der Waals surface area contributed by atoms with Gasteiger partial charge in [0.25, 0.3) is 0 Å². The molecule has 6 heteroatoms. The van der Waals surface area contributed by atoms with Crippen LogP contribution in [0.3, 0.4) is 0 Å². The van der Waals surface area contributed by atoms with E-state index >= 15 is 0 Å². The number of hydrogen-bond acceptors (Lipinski definition) is 4. The van der Waals surface area contributed by atoms with Crippen molar-refractivity contribution in [1.29, 1.82) is 0 Å². The molecule has 5 nitrogen and oxygen atoms in total. The normalized spacial score (nSPS) is 11.6. The third-order valence-corrected chi connectivity index (χ3v) is 4.27. The number of nitrogen functional groups attached to an aromatic ring is 1. The lowest BCUT2D eigenvalue weighted by Gasteiger charge is -2.17. The molecular weight excluding hydrogens is 238 g/mol. The first-order chi connectivity index (χ1) is 8.00. The van der Waals surface area contributed by atoms with E-state index in [1.807, 2.05) is 0 Å². The van der Waals surface area contributed by atoms with Crippen LogP contribution in [0.5, 0.6) is 0 Å². The quantitative estimate of drug-likeness (QED) is 0.613. The van der Waals surface area contributed by atoms with Crippen molar-refractivity contribution in [3.63, 3.8) is 0 Å². The molecule has 17 heavy (non-hydrogen) atoms.